The third-order valence-corrected chi connectivity index (χ3v) is 3.00. The molecule has 94 valence electrons. The molecule has 0 atom stereocenters. The predicted molar refractivity (Wildman–Crippen MR) is 72.1 cm³/mol. The molecule has 1 aromatic carbocycles. The molecule has 3 nitrogen and oxygen atoms in total. The number of alkyl halides is 1. The Bertz CT molecular complexity index is 526. The highest BCUT2D eigenvalue weighted by Crippen LogP contribution is 2.27. The molecule has 0 radical (unpaired) electrons. The van der Waals surface area contributed by atoms with Gasteiger partial charge in [-0.1, -0.05) is 23.7 Å². The lowest BCUT2D eigenvalue weighted by Crippen LogP contribution is -2.31. The highest BCUT2D eigenvalue weighted by Gasteiger charge is 2.18. The van der Waals surface area contributed by atoms with E-state index in [1.807, 2.05) is 12.1 Å². The highest BCUT2D eigenvalue weighted by atomic mass is 35.5. The molecule has 0 aliphatic heterocycles. The van der Waals surface area contributed by atoms with Crippen molar-refractivity contribution in [1.82, 2.24) is 0 Å². The van der Waals surface area contributed by atoms with E-state index in [0.29, 0.717) is 23.0 Å². The topological polar surface area (TPSA) is 33.5 Å². The number of anilines is 1. The van der Waals surface area contributed by atoms with Gasteiger partial charge < -0.3 is 9.32 Å². The zero-order chi connectivity index (χ0) is 13.0. The summed E-state index contributed by atoms with van der Waals surface area (Å²) in [5.74, 6) is 0.348. The average molecular weight is 284 g/mol. The summed E-state index contributed by atoms with van der Waals surface area (Å²) in [6.45, 7) is 0.308. The fourth-order valence-electron chi connectivity index (χ4n) is 1.61. The summed E-state index contributed by atoms with van der Waals surface area (Å²) < 4.78 is 5.24. The lowest BCUT2D eigenvalue weighted by molar-refractivity contribution is -0.116. The van der Waals surface area contributed by atoms with Gasteiger partial charge in [-0.05, 0) is 24.3 Å². The van der Waals surface area contributed by atoms with Crippen LogP contribution in [0.15, 0.2) is 47.1 Å². The van der Waals surface area contributed by atoms with Crippen molar-refractivity contribution >= 4 is 34.8 Å². The number of carbonyl (C=O) groups excluding carboxylic acids is 1. The summed E-state index contributed by atoms with van der Waals surface area (Å²) in [4.78, 5) is 13.4. The Morgan fingerprint density at radius 1 is 1.22 bits per heavy atom. The summed E-state index contributed by atoms with van der Waals surface area (Å²) in [6.07, 6.45) is 1.56. The second kappa shape index (κ2) is 5.94. The number of amides is 1. The fourth-order valence-corrected chi connectivity index (χ4v) is 1.99. The maximum Gasteiger partial charge on any atom is 0.242 e. The number of nitrogens with zero attached hydrogens (tertiary/aromatic N) is 1. The van der Waals surface area contributed by atoms with Crippen molar-refractivity contribution in [3.05, 3.63) is 53.4 Å². The number of hydrogen-bond acceptors (Lipinski definition) is 2. The van der Waals surface area contributed by atoms with Gasteiger partial charge in [-0.2, -0.15) is 0 Å². The molecule has 0 saturated heterocycles. The molecule has 0 aliphatic rings. The first-order valence-corrected chi connectivity index (χ1v) is 6.27. The van der Waals surface area contributed by atoms with E-state index in [-0.39, 0.29) is 11.8 Å². The summed E-state index contributed by atoms with van der Waals surface area (Å²) in [5.41, 5.74) is 0.626. The number of para-hydroxylation sites is 1. The predicted octanol–water partition coefficient (Wildman–Crippen LogP) is 3.71. The van der Waals surface area contributed by atoms with Crippen LogP contribution in [0.1, 0.15) is 5.76 Å². The molecule has 18 heavy (non-hydrogen) atoms. The van der Waals surface area contributed by atoms with Crippen molar-refractivity contribution in [1.29, 1.82) is 0 Å². The maximum absolute atomic E-state index is 11.9. The Morgan fingerprint density at radius 2 is 2.00 bits per heavy atom. The fraction of sp³-hybridized carbons (Fsp3) is 0.154. The van der Waals surface area contributed by atoms with Crippen molar-refractivity contribution in [3.8, 4) is 0 Å². The van der Waals surface area contributed by atoms with Gasteiger partial charge in [0, 0.05) is 0 Å². The summed E-state index contributed by atoms with van der Waals surface area (Å²) in [7, 11) is 0. The van der Waals surface area contributed by atoms with Crippen molar-refractivity contribution in [3.63, 3.8) is 0 Å². The van der Waals surface area contributed by atoms with E-state index in [2.05, 4.69) is 0 Å². The van der Waals surface area contributed by atoms with Crippen LogP contribution in [0.3, 0.4) is 0 Å². The minimum atomic E-state index is -0.221. The monoisotopic (exact) mass is 283 g/mol. The van der Waals surface area contributed by atoms with Crippen LogP contribution in [-0.2, 0) is 11.3 Å². The van der Waals surface area contributed by atoms with Gasteiger partial charge in [-0.15, -0.1) is 11.6 Å². The number of halogens is 2. The van der Waals surface area contributed by atoms with Gasteiger partial charge >= 0.3 is 0 Å². The molecule has 0 saturated carbocycles. The molecule has 0 unspecified atom stereocenters. The molecule has 0 N–H and O–H groups in total. The molecule has 1 aromatic heterocycles. The molecule has 0 aliphatic carbocycles. The van der Waals surface area contributed by atoms with E-state index in [9.17, 15) is 4.79 Å². The molecule has 0 spiro atoms. The SMILES string of the molecule is O=C(CCl)N(Cc1ccco1)c1ccccc1Cl. The zero-order valence-corrected chi connectivity index (χ0v) is 11.0. The molecule has 2 rings (SSSR count). The Labute approximate surface area is 115 Å². The lowest BCUT2D eigenvalue weighted by atomic mass is 10.2. The smallest absolute Gasteiger partial charge is 0.242 e. The van der Waals surface area contributed by atoms with Crippen molar-refractivity contribution < 1.29 is 9.21 Å². The third kappa shape index (κ3) is 2.86. The number of hydrogen-bond donors (Lipinski definition) is 0. The van der Waals surface area contributed by atoms with E-state index in [1.54, 1.807) is 30.5 Å². The Kier molecular flexibility index (Phi) is 4.28. The Balaban J connectivity index is 2.31. The number of rotatable bonds is 4. The normalized spacial score (nSPS) is 10.3. The largest absolute Gasteiger partial charge is 0.467 e. The van der Waals surface area contributed by atoms with Crippen LogP contribution in [0.5, 0.6) is 0 Å². The molecule has 1 amide bonds. The first-order chi connectivity index (χ1) is 8.72. The molecule has 1 heterocycles. The van der Waals surface area contributed by atoms with Crippen LogP contribution in [-0.4, -0.2) is 11.8 Å². The minimum absolute atomic E-state index is 0.105. The molecule has 5 heteroatoms. The van der Waals surface area contributed by atoms with E-state index < -0.39 is 0 Å². The highest BCUT2D eigenvalue weighted by molar-refractivity contribution is 6.35. The van der Waals surface area contributed by atoms with E-state index in [0.717, 1.165) is 0 Å². The zero-order valence-electron chi connectivity index (χ0n) is 9.48. The van der Waals surface area contributed by atoms with Crippen LogP contribution in [0.25, 0.3) is 0 Å². The number of furan rings is 1. The van der Waals surface area contributed by atoms with Crippen molar-refractivity contribution in [2.45, 2.75) is 6.54 Å². The van der Waals surface area contributed by atoms with Gasteiger partial charge in [0.25, 0.3) is 0 Å². The lowest BCUT2D eigenvalue weighted by Gasteiger charge is -2.21. The second-order valence-corrected chi connectivity index (χ2v) is 4.32. The van der Waals surface area contributed by atoms with Gasteiger partial charge in [-0.3, -0.25) is 4.79 Å². The molecule has 2 aromatic rings. The summed E-state index contributed by atoms with van der Waals surface area (Å²) >= 11 is 11.7. The number of carbonyl (C=O) groups is 1. The maximum atomic E-state index is 11.9. The average Bonchev–Trinajstić information content (AvgIpc) is 2.89. The van der Waals surface area contributed by atoms with E-state index >= 15 is 0 Å². The standard InChI is InChI=1S/C13H11Cl2NO2/c14-8-13(17)16(9-10-4-3-7-18-10)12-6-2-1-5-11(12)15/h1-7H,8-9H2. The second-order valence-electron chi connectivity index (χ2n) is 3.64. The number of benzene rings is 1. The van der Waals surface area contributed by atoms with E-state index in [4.69, 9.17) is 27.6 Å². The van der Waals surface area contributed by atoms with Gasteiger partial charge in [0.15, 0.2) is 0 Å². The van der Waals surface area contributed by atoms with E-state index in [1.165, 1.54) is 4.90 Å². The molecule has 0 fully saturated rings. The van der Waals surface area contributed by atoms with Crippen LogP contribution in [0.4, 0.5) is 5.69 Å². The summed E-state index contributed by atoms with van der Waals surface area (Å²) in [5, 5.41) is 0.502. The van der Waals surface area contributed by atoms with Crippen LogP contribution < -0.4 is 4.90 Å². The molecule has 0 bridgehead atoms. The van der Waals surface area contributed by atoms with Crippen molar-refractivity contribution in [2.75, 3.05) is 10.8 Å². The van der Waals surface area contributed by atoms with Crippen LogP contribution in [0, 0.1) is 0 Å². The third-order valence-electron chi connectivity index (χ3n) is 2.45. The van der Waals surface area contributed by atoms with Crippen molar-refractivity contribution in [2.24, 2.45) is 0 Å². The van der Waals surface area contributed by atoms with Gasteiger partial charge in [0.1, 0.15) is 11.6 Å². The summed E-state index contributed by atoms with van der Waals surface area (Å²) in [6, 6.07) is 10.7. The molecular formula is C13H11Cl2NO2. The Morgan fingerprint density at radius 3 is 2.61 bits per heavy atom. The van der Waals surface area contributed by atoms with Gasteiger partial charge in [-0.25, -0.2) is 0 Å². The minimum Gasteiger partial charge on any atom is -0.467 e. The quantitative estimate of drug-likeness (QED) is 0.802. The van der Waals surface area contributed by atoms with Crippen LogP contribution in [0.2, 0.25) is 5.02 Å². The first kappa shape index (κ1) is 13.0. The van der Waals surface area contributed by atoms with Crippen LogP contribution >= 0.6 is 23.2 Å². The molecular weight excluding hydrogens is 273 g/mol. The van der Waals surface area contributed by atoms with Gasteiger partial charge in [0.05, 0.1) is 23.5 Å². The van der Waals surface area contributed by atoms with Gasteiger partial charge in [0.2, 0.25) is 5.91 Å². The first-order valence-electron chi connectivity index (χ1n) is 5.35. The Hall–Kier alpha value is -1.45.